The molecule has 0 saturated carbocycles. The number of nitrogens with zero attached hydrogens (tertiary/aromatic N) is 1. The van der Waals surface area contributed by atoms with Gasteiger partial charge < -0.3 is 9.88 Å². The molecule has 1 aromatic heterocycles. The molecule has 1 atom stereocenters. The van der Waals surface area contributed by atoms with Crippen molar-refractivity contribution in [2.75, 3.05) is 6.54 Å². The molecule has 0 bridgehead atoms. The van der Waals surface area contributed by atoms with Crippen LogP contribution in [0.5, 0.6) is 0 Å². The smallest absolute Gasteiger partial charge is 0.256 e. The van der Waals surface area contributed by atoms with Gasteiger partial charge in [0.15, 0.2) is 5.78 Å². The van der Waals surface area contributed by atoms with Gasteiger partial charge in [-0.3, -0.25) is 9.59 Å². The number of amides is 1. The van der Waals surface area contributed by atoms with Crippen LogP contribution in [0.2, 0.25) is 0 Å². The average molecular weight is 284 g/mol. The third-order valence-corrected chi connectivity index (χ3v) is 4.30. The lowest BCUT2D eigenvalue weighted by molar-refractivity contribution is -0.124. The van der Waals surface area contributed by atoms with Crippen LogP contribution in [0.15, 0.2) is 30.5 Å². The number of piperidine rings is 1. The van der Waals surface area contributed by atoms with Gasteiger partial charge in [-0.1, -0.05) is 19.1 Å². The highest BCUT2D eigenvalue weighted by Gasteiger charge is 2.32. The van der Waals surface area contributed by atoms with E-state index < -0.39 is 0 Å². The first-order chi connectivity index (χ1) is 10.2. The van der Waals surface area contributed by atoms with Crippen molar-refractivity contribution in [1.29, 1.82) is 0 Å². The highest BCUT2D eigenvalue weighted by atomic mass is 16.2. The van der Waals surface area contributed by atoms with Gasteiger partial charge in [0.2, 0.25) is 0 Å². The van der Waals surface area contributed by atoms with Crippen molar-refractivity contribution >= 4 is 22.6 Å². The summed E-state index contributed by atoms with van der Waals surface area (Å²) >= 11 is 0. The van der Waals surface area contributed by atoms with Gasteiger partial charge in [-0.15, -0.1) is 0 Å². The molecule has 1 aliphatic heterocycles. The predicted molar refractivity (Wildman–Crippen MR) is 82.3 cm³/mol. The molecule has 1 N–H and O–H groups in total. The normalized spacial score (nSPS) is 18.9. The lowest BCUT2D eigenvalue weighted by Gasteiger charge is -2.34. The summed E-state index contributed by atoms with van der Waals surface area (Å²) in [6.07, 6.45) is 5.11. The maximum absolute atomic E-state index is 12.9. The summed E-state index contributed by atoms with van der Waals surface area (Å²) in [6.45, 7) is 2.54. The first-order valence-corrected chi connectivity index (χ1v) is 7.62. The third kappa shape index (κ3) is 2.46. The molecule has 1 aliphatic rings. The number of carbonyl (C=O) groups is 2. The summed E-state index contributed by atoms with van der Waals surface area (Å²) < 4.78 is 0. The van der Waals surface area contributed by atoms with Crippen LogP contribution >= 0.6 is 0 Å². The molecule has 4 heteroatoms. The Hall–Kier alpha value is -2.10. The number of para-hydroxylation sites is 1. The first-order valence-electron chi connectivity index (χ1n) is 7.62. The molecular weight excluding hydrogens is 264 g/mol. The molecule has 0 aliphatic carbocycles. The Balaban J connectivity index is 1.96. The van der Waals surface area contributed by atoms with E-state index in [1.54, 1.807) is 4.90 Å². The van der Waals surface area contributed by atoms with E-state index in [0.29, 0.717) is 18.5 Å². The number of benzene rings is 1. The number of likely N-dealkylation sites (tertiary alicyclic amines) is 1. The second kappa shape index (κ2) is 5.72. The second-order valence-electron chi connectivity index (χ2n) is 5.58. The SMILES string of the molecule is CCC(=O)C1CCCCN1C(=O)c1cccc2cc[nH]c12. The number of ketones is 1. The zero-order valence-electron chi connectivity index (χ0n) is 12.3. The Morgan fingerprint density at radius 3 is 2.95 bits per heavy atom. The van der Waals surface area contributed by atoms with Crippen LogP contribution in [-0.4, -0.2) is 34.2 Å². The van der Waals surface area contributed by atoms with E-state index in [-0.39, 0.29) is 17.7 Å². The Morgan fingerprint density at radius 2 is 2.14 bits per heavy atom. The highest BCUT2D eigenvalue weighted by molar-refractivity contribution is 6.07. The molecular formula is C17H20N2O2. The van der Waals surface area contributed by atoms with Crippen LogP contribution in [0.4, 0.5) is 0 Å². The Bertz CT molecular complexity index is 674. The molecule has 0 spiro atoms. The van der Waals surface area contributed by atoms with Gasteiger partial charge >= 0.3 is 0 Å². The molecule has 1 saturated heterocycles. The number of aromatic amines is 1. The average Bonchev–Trinajstić information content (AvgIpc) is 3.02. The van der Waals surface area contributed by atoms with Crippen molar-refractivity contribution in [2.24, 2.45) is 0 Å². The molecule has 1 amide bonds. The van der Waals surface area contributed by atoms with Gasteiger partial charge in [0, 0.05) is 24.5 Å². The Kier molecular flexibility index (Phi) is 3.78. The van der Waals surface area contributed by atoms with Crippen LogP contribution in [0.1, 0.15) is 43.0 Å². The number of aromatic nitrogens is 1. The lowest BCUT2D eigenvalue weighted by Crippen LogP contribution is -2.47. The minimum absolute atomic E-state index is 0.0328. The number of fused-ring (bicyclic) bond motifs is 1. The molecule has 3 rings (SSSR count). The summed E-state index contributed by atoms with van der Waals surface area (Å²) in [5.74, 6) is 0.135. The van der Waals surface area contributed by atoms with E-state index in [1.807, 2.05) is 37.4 Å². The van der Waals surface area contributed by atoms with Gasteiger partial charge in [-0.05, 0) is 31.4 Å². The van der Waals surface area contributed by atoms with E-state index in [4.69, 9.17) is 0 Å². The summed E-state index contributed by atoms with van der Waals surface area (Å²) in [4.78, 5) is 29.9. The Labute approximate surface area is 124 Å². The van der Waals surface area contributed by atoms with Crippen LogP contribution in [0, 0.1) is 0 Å². The summed E-state index contributed by atoms with van der Waals surface area (Å²) in [5, 5.41) is 1.02. The topological polar surface area (TPSA) is 53.2 Å². The number of H-pyrrole nitrogens is 1. The zero-order chi connectivity index (χ0) is 14.8. The monoisotopic (exact) mass is 284 g/mol. The summed E-state index contributed by atoms with van der Waals surface area (Å²) in [6, 6.07) is 7.42. The molecule has 1 fully saturated rings. The summed E-state index contributed by atoms with van der Waals surface area (Å²) in [7, 11) is 0. The predicted octanol–water partition coefficient (Wildman–Crippen LogP) is 3.14. The Morgan fingerprint density at radius 1 is 1.29 bits per heavy atom. The van der Waals surface area contributed by atoms with Gasteiger partial charge in [-0.2, -0.15) is 0 Å². The molecule has 2 heterocycles. The van der Waals surface area contributed by atoms with Crippen LogP contribution in [-0.2, 0) is 4.79 Å². The molecule has 1 aromatic carbocycles. The highest BCUT2D eigenvalue weighted by Crippen LogP contribution is 2.24. The minimum atomic E-state index is -0.249. The van der Waals surface area contributed by atoms with Crippen molar-refractivity contribution in [2.45, 2.75) is 38.6 Å². The van der Waals surface area contributed by atoms with E-state index >= 15 is 0 Å². The maximum Gasteiger partial charge on any atom is 0.256 e. The van der Waals surface area contributed by atoms with Gasteiger partial charge in [0.1, 0.15) is 0 Å². The van der Waals surface area contributed by atoms with Crippen LogP contribution in [0.25, 0.3) is 10.9 Å². The number of nitrogens with one attached hydrogen (secondary N) is 1. The number of Topliss-reactive ketones (excluding diaryl/α,β-unsaturated/α-hetero) is 1. The van der Waals surface area contributed by atoms with Crippen molar-refractivity contribution < 1.29 is 9.59 Å². The zero-order valence-corrected chi connectivity index (χ0v) is 12.3. The van der Waals surface area contributed by atoms with E-state index in [2.05, 4.69) is 4.98 Å². The number of rotatable bonds is 3. The first kappa shape index (κ1) is 13.9. The lowest BCUT2D eigenvalue weighted by atomic mass is 9.96. The van der Waals surface area contributed by atoms with Gasteiger partial charge in [0.25, 0.3) is 5.91 Å². The fraction of sp³-hybridized carbons (Fsp3) is 0.412. The quantitative estimate of drug-likeness (QED) is 0.941. The largest absolute Gasteiger partial charge is 0.361 e. The van der Waals surface area contributed by atoms with E-state index in [0.717, 1.165) is 30.2 Å². The fourth-order valence-electron chi connectivity index (χ4n) is 3.16. The summed E-state index contributed by atoms with van der Waals surface area (Å²) in [5.41, 5.74) is 1.52. The van der Waals surface area contributed by atoms with Crippen molar-refractivity contribution in [3.05, 3.63) is 36.0 Å². The van der Waals surface area contributed by atoms with E-state index in [1.165, 1.54) is 0 Å². The number of carbonyl (C=O) groups excluding carboxylic acids is 2. The minimum Gasteiger partial charge on any atom is -0.361 e. The van der Waals surface area contributed by atoms with Crippen LogP contribution < -0.4 is 0 Å². The fourth-order valence-corrected chi connectivity index (χ4v) is 3.16. The van der Waals surface area contributed by atoms with Crippen molar-refractivity contribution in [1.82, 2.24) is 9.88 Å². The maximum atomic E-state index is 12.9. The van der Waals surface area contributed by atoms with Crippen molar-refractivity contribution in [3.8, 4) is 0 Å². The molecule has 1 unspecified atom stereocenters. The number of hydrogen-bond acceptors (Lipinski definition) is 2. The third-order valence-electron chi connectivity index (χ3n) is 4.30. The van der Waals surface area contributed by atoms with Crippen LogP contribution in [0.3, 0.4) is 0 Å². The molecule has 2 aromatic rings. The molecule has 4 nitrogen and oxygen atoms in total. The van der Waals surface area contributed by atoms with Gasteiger partial charge in [-0.25, -0.2) is 0 Å². The van der Waals surface area contributed by atoms with E-state index in [9.17, 15) is 9.59 Å². The molecule has 110 valence electrons. The van der Waals surface area contributed by atoms with Crippen molar-refractivity contribution in [3.63, 3.8) is 0 Å². The standard InChI is InChI=1S/C17H20N2O2/c1-2-15(20)14-8-3-4-11-19(14)17(21)13-7-5-6-12-9-10-18-16(12)13/h5-7,9-10,14,18H,2-4,8,11H2,1H3. The molecule has 21 heavy (non-hydrogen) atoms. The van der Waals surface area contributed by atoms with Gasteiger partial charge in [0.05, 0.1) is 17.1 Å². The second-order valence-corrected chi connectivity index (χ2v) is 5.58. The number of hydrogen-bond donors (Lipinski definition) is 1. The molecule has 0 radical (unpaired) electrons.